The molecule has 0 bridgehead atoms. The van der Waals surface area contributed by atoms with E-state index in [1.54, 1.807) is 0 Å². The SMILES string of the molecule is c1ccc2cc3c(cc2c1)[nH]c1c3ccc2c1ccc1c3cc4ccccc4cc3[nH]c12. The lowest BCUT2D eigenvalue weighted by molar-refractivity contribution is 1.56. The Morgan fingerprint density at radius 3 is 1.09 bits per heavy atom. The molecule has 0 atom stereocenters. The van der Waals surface area contributed by atoms with Crippen molar-refractivity contribution < 1.29 is 0 Å². The van der Waals surface area contributed by atoms with Crippen molar-refractivity contribution in [3.8, 4) is 0 Å². The molecule has 0 saturated heterocycles. The molecule has 2 heterocycles. The molecule has 0 unspecified atom stereocenters. The molecule has 2 aromatic heterocycles. The molecule has 2 N–H and O–H groups in total. The predicted octanol–water partition coefficient (Wildman–Crippen LogP) is 8.42. The van der Waals surface area contributed by atoms with Crippen LogP contribution in [0, 0.1) is 0 Å². The summed E-state index contributed by atoms with van der Waals surface area (Å²) in [5.41, 5.74) is 4.79. The summed E-state index contributed by atoms with van der Waals surface area (Å²) in [6, 6.07) is 35.4. The van der Waals surface area contributed by atoms with Crippen molar-refractivity contribution in [3.05, 3.63) is 97.1 Å². The molecule has 0 aliphatic carbocycles. The quantitative estimate of drug-likeness (QED) is 0.253. The molecule has 0 radical (unpaired) electrons. The highest BCUT2D eigenvalue weighted by atomic mass is 14.7. The lowest BCUT2D eigenvalue weighted by atomic mass is 10.0. The fourth-order valence-corrected chi connectivity index (χ4v) is 5.53. The van der Waals surface area contributed by atoms with E-state index in [9.17, 15) is 0 Å². The smallest absolute Gasteiger partial charge is 0.0545 e. The Kier molecular flexibility index (Phi) is 2.91. The summed E-state index contributed by atoms with van der Waals surface area (Å²) in [6.45, 7) is 0. The molecule has 0 spiro atoms. The molecule has 6 aromatic carbocycles. The maximum absolute atomic E-state index is 3.72. The zero-order valence-electron chi connectivity index (χ0n) is 17.2. The second-order valence-corrected chi connectivity index (χ2v) is 8.81. The van der Waals surface area contributed by atoms with Crippen molar-refractivity contribution in [2.75, 3.05) is 0 Å². The van der Waals surface area contributed by atoms with Crippen LogP contribution in [0.15, 0.2) is 97.1 Å². The minimum Gasteiger partial charge on any atom is -0.354 e. The van der Waals surface area contributed by atoms with Crippen molar-refractivity contribution in [2.24, 2.45) is 0 Å². The van der Waals surface area contributed by atoms with Crippen molar-refractivity contribution in [1.29, 1.82) is 0 Å². The maximum Gasteiger partial charge on any atom is 0.0545 e. The van der Waals surface area contributed by atoms with E-state index in [1.807, 2.05) is 0 Å². The number of aromatic amines is 2. The number of rotatable bonds is 0. The molecule has 0 amide bonds. The van der Waals surface area contributed by atoms with Crippen LogP contribution in [-0.2, 0) is 0 Å². The van der Waals surface area contributed by atoms with Gasteiger partial charge < -0.3 is 9.97 Å². The van der Waals surface area contributed by atoms with Gasteiger partial charge >= 0.3 is 0 Å². The first-order valence-electron chi connectivity index (χ1n) is 11.0. The molecule has 32 heavy (non-hydrogen) atoms. The van der Waals surface area contributed by atoms with E-state index in [2.05, 4.69) is 107 Å². The molecule has 8 rings (SSSR count). The normalized spacial score (nSPS) is 12.4. The Morgan fingerprint density at radius 1 is 0.344 bits per heavy atom. The average molecular weight is 406 g/mol. The highest BCUT2D eigenvalue weighted by Gasteiger charge is 2.13. The molecule has 2 heteroatoms. The predicted molar refractivity (Wildman–Crippen MR) is 138 cm³/mol. The first kappa shape index (κ1) is 16.4. The largest absolute Gasteiger partial charge is 0.354 e. The first-order chi connectivity index (χ1) is 15.8. The molecule has 148 valence electrons. The lowest BCUT2D eigenvalue weighted by Crippen LogP contribution is -1.78. The van der Waals surface area contributed by atoms with Crippen LogP contribution in [0.5, 0.6) is 0 Å². The number of benzene rings is 6. The van der Waals surface area contributed by atoms with Gasteiger partial charge in [0.05, 0.1) is 11.0 Å². The van der Waals surface area contributed by atoms with Gasteiger partial charge in [0.25, 0.3) is 0 Å². The second-order valence-electron chi connectivity index (χ2n) is 8.81. The van der Waals surface area contributed by atoms with E-state index in [0.29, 0.717) is 0 Å². The number of hydrogen-bond acceptors (Lipinski definition) is 0. The van der Waals surface area contributed by atoms with Crippen LogP contribution in [0.1, 0.15) is 0 Å². The van der Waals surface area contributed by atoms with Gasteiger partial charge in [-0.2, -0.15) is 0 Å². The number of nitrogens with one attached hydrogen (secondary N) is 2. The van der Waals surface area contributed by atoms with Crippen LogP contribution in [0.3, 0.4) is 0 Å². The molecule has 0 fully saturated rings. The zero-order valence-corrected chi connectivity index (χ0v) is 17.2. The zero-order chi connectivity index (χ0) is 20.8. The molecule has 2 nitrogen and oxygen atoms in total. The van der Waals surface area contributed by atoms with Crippen molar-refractivity contribution in [3.63, 3.8) is 0 Å². The van der Waals surface area contributed by atoms with E-state index in [0.717, 1.165) is 0 Å². The van der Waals surface area contributed by atoms with E-state index in [4.69, 9.17) is 0 Å². The number of aromatic nitrogens is 2. The summed E-state index contributed by atoms with van der Waals surface area (Å²) in [5, 5.41) is 12.7. The van der Waals surface area contributed by atoms with E-state index >= 15 is 0 Å². The Hall–Kier alpha value is -4.30. The summed E-state index contributed by atoms with van der Waals surface area (Å²) < 4.78 is 0. The molecule has 0 saturated carbocycles. The van der Waals surface area contributed by atoms with Gasteiger partial charge in [0.1, 0.15) is 0 Å². The third kappa shape index (κ3) is 2.04. The lowest BCUT2D eigenvalue weighted by Gasteiger charge is -2.02. The number of H-pyrrole nitrogens is 2. The van der Waals surface area contributed by atoms with Crippen LogP contribution in [0.2, 0.25) is 0 Å². The summed E-state index contributed by atoms with van der Waals surface area (Å²) in [5.74, 6) is 0. The second kappa shape index (κ2) is 5.68. The molecular formula is C30H18N2. The van der Waals surface area contributed by atoms with Gasteiger partial charge in [-0.15, -0.1) is 0 Å². The van der Waals surface area contributed by atoms with Gasteiger partial charge in [-0.25, -0.2) is 0 Å². The minimum absolute atomic E-state index is 1.19. The van der Waals surface area contributed by atoms with Crippen molar-refractivity contribution >= 4 is 75.9 Å². The average Bonchev–Trinajstić information content (AvgIpc) is 3.38. The van der Waals surface area contributed by atoms with Crippen LogP contribution in [0.25, 0.3) is 75.9 Å². The molecule has 0 aliphatic rings. The van der Waals surface area contributed by atoms with Crippen LogP contribution in [-0.4, -0.2) is 9.97 Å². The number of fused-ring (bicyclic) bond motifs is 11. The fourth-order valence-electron chi connectivity index (χ4n) is 5.53. The summed E-state index contributed by atoms with van der Waals surface area (Å²) in [7, 11) is 0. The summed E-state index contributed by atoms with van der Waals surface area (Å²) >= 11 is 0. The van der Waals surface area contributed by atoms with Gasteiger partial charge in [-0.05, 0) is 45.8 Å². The van der Waals surface area contributed by atoms with Gasteiger partial charge in [-0.3, -0.25) is 0 Å². The summed E-state index contributed by atoms with van der Waals surface area (Å²) in [6.07, 6.45) is 0. The summed E-state index contributed by atoms with van der Waals surface area (Å²) in [4.78, 5) is 7.45. The maximum atomic E-state index is 3.72. The standard InChI is InChI=1S/C30H18N2/c1-3-7-19-15-27-25(13-17(19)5-1)23-11-9-22-21(29(23)31-27)10-12-24-26-14-18-6-2-4-8-20(18)16-28(26)32-30(22)24/h1-16,31-32H. The van der Waals surface area contributed by atoms with Gasteiger partial charge in [0.15, 0.2) is 0 Å². The van der Waals surface area contributed by atoms with Crippen LogP contribution in [0.4, 0.5) is 0 Å². The van der Waals surface area contributed by atoms with E-state index in [-0.39, 0.29) is 0 Å². The van der Waals surface area contributed by atoms with Crippen molar-refractivity contribution in [2.45, 2.75) is 0 Å². The Balaban J connectivity index is 1.50. The molecule has 8 aromatic rings. The Labute approximate surface area is 183 Å². The van der Waals surface area contributed by atoms with Gasteiger partial charge in [0, 0.05) is 43.4 Å². The number of hydrogen-bond donors (Lipinski definition) is 2. The third-order valence-electron chi connectivity index (χ3n) is 7.07. The van der Waals surface area contributed by atoms with Crippen LogP contribution >= 0.6 is 0 Å². The Bertz CT molecular complexity index is 1890. The van der Waals surface area contributed by atoms with Crippen LogP contribution < -0.4 is 0 Å². The first-order valence-corrected chi connectivity index (χ1v) is 11.0. The van der Waals surface area contributed by atoms with E-state index < -0.39 is 0 Å². The Morgan fingerprint density at radius 2 is 0.688 bits per heavy atom. The minimum atomic E-state index is 1.19. The van der Waals surface area contributed by atoms with E-state index in [1.165, 1.54) is 75.9 Å². The topological polar surface area (TPSA) is 31.6 Å². The monoisotopic (exact) mass is 406 g/mol. The highest BCUT2D eigenvalue weighted by Crippen LogP contribution is 2.38. The third-order valence-corrected chi connectivity index (χ3v) is 7.07. The fraction of sp³-hybridized carbons (Fsp3) is 0. The van der Waals surface area contributed by atoms with Gasteiger partial charge in [-0.1, -0.05) is 72.8 Å². The van der Waals surface area contributed by atoms with Gasteiger partial charge in [0.2, 0.25) is 0 Å². The highest BCUT2D eigenvalue weighted by molar-refractivity contribution is 6.26. The molecule has 0 aliphatic heterocycles. The molecular weight excluding hydrogens is 388 g/mol. The van der Waals surface area contributed by atoms with Crippen molar-refractivity contribution in [1.82, 2.24) is 9.97 Å².